The molecule has 0 fully saturated rings. The van der Waals surface area contributed by atoms with Crippen molar-refractivity contribution in [3.05, 3.63) is 94.7 Å². The van der Waals surface area contributed by atoms with E-state index in [1.807, 2.05) is 54.0 Å². The van der Waals surface area contributed by atoms with Crippen molar-refractivity contribution in [1.82, 2.24) is 9.13 Å². The molecule has 0 spiro atoms. The van der Waals surface area contributed by atoms with Gasteiger partial charge in [-0.05, 0) is 65.0 Å². The summed E-state index contributed by atoms with van der Waals surface area (Å²) in [6.07, 6.45) is 1.47. The van der Waals surface area contributed by atoms with E-state index < -0.39 is 12.0 Å². The van der Waals surface area contributed by atoms with E-state index in [1.165, 1.54) is 15.9 Å². The van der Waals surface area contributed by atoms with E-state index in [1.54, 1.807) is 40.9 Å². The second kappa shape index (κ2) is 12.3. The number of nitrogens with zero attached hydrogens (tertiary/aromatic N) is 3. The summed E-state index contributed by atoms with van der Waals surface area (Å²) in [5, 5.41) is 0.901. The molecule has 3 heterocycles. The molecule has 2 aromatic heterocycles. The number of esters is 2. The Balaban J connectivity index is 1.76. The molecule has 43 heavy (non-hydrogen) atoms. The summed E-state index contributed by atoms with van der Waals surface area (Å²) in [6, 6.07) is 12.4. The Morgan fingerprint density at radius 2 is 1.91 bits per heavy atom. The fraction of sp³-hybridized carbons (Fsp3) is 0.312. The average molecular weight is 667 g/mol. The van der Waals surface area contributed by atoms with Gasteiger partial charge in [-0.1, -0.05) is 45.5 Å². The first-order valence-electron chi connectivity index (χ1n) is 13.9. The lowest BCUT2D eigenvalue weighted by molar-refractivity contribution is -0.144. The Labute approximate surface area is 260 Å². The van der Waals surface area contributed by atoms with Crippen LogP contribution in [-0.2, 0) is 25.6 Å². The van der Waals surface area contributed by atoms with E-state index in [4.69, 9.17) is 19.2 Å². The predicted octanol–water partition coefficient (Wildman–Crippen LogP) is 4.78. The maximum Gasteiger partial charge on any atom is 0.338 e. The van der Waals surface area contributed by atoms with Gasteiger partial charge in [0.15, 0.2) is 4.80 Å². The van der Waals surface area contributed by atoms with Crippen LogP contribution in [0.2, 0.25) is 0 Å². The van der Waals surface area contributed by atoms with Crippen molar-refractivity contribution < 1.29 is 23.8 Å². The van der Waals surface area contributed by atoms with Gasteiger partial charge in [-0.3, -0.25) is 14.2 Å². The molecule has 1 aliphatic rings. The van der Waals surface area contributed by atoms with Crippen LogP contribution < -0.4 is 19.6 Å². The van der Waals surface area contributed by atoms with Crippen LogP contribution >= 0.6 is 27.3 Å². The third-order valence-electron chi connectivity index (χ3n) is 7.22. The van der Waals surface area contributed by atoms with Gasteiger partial charge in [0.05, 0.1) is 35.6 Å². The summed E-state index contributed by atoms with van der Waals surface area (Å²) >= 11 is 4.78. The zero-order chi connectivity index (χ0) is 31.0. The number of carbonyl (C=O) groups excluding carboxylic acids is 2. The number of thiazole rings is 1. The van der Waals surface area contributed by atoms with E-state index in [2.05, 4.69) is 15.9 Å². The van der Waals surface area contributed by atoms with Crippen molar-refractivity contribution in [3.8, 4) is 5.75 Å². The molecule has 0 N–H and O–H groups in total. The number of carbonyl (C=O) groups is 2. The summed E-state index contributed by atoms with van der Waals surface area (Å²) in [6.45, 7) is 9.34. The minimum absolute atomic E-state index is 0.0540. The van der Waals surface area contributed by atoms with Gasteiger partial charge in [0.2, 0.25) is 0 Å². The number of allylic oxidation sites excluding steroid dienone is 1. The quantitative estimate of drug-likeness (QED) is 0.251. The molecule has 9 nitrogen and oxygen atoms in total. The first kappa shape index (κ1) is 30.5. The fourth-order valence-corrected chi connectivity index (χ4v) is 6.79. The highest BCUT2D eigenvalue weighted by atomic mass is 79.9. The maximum absolute atomic E-state index is 14.3. The molecule has 1 aliphatic heterocycles. The molecule has 224 valence electrons. The van der Waals surface area contributed by atoms with Crippen LogP contribution in [-0.4, -0.2) is 40.9 Å². The third-order valence-corrected chi connectivity index (χ3v) is 8.69. The Morgan fingerprint density at radius 1 is 1.16 bits per heavy atom. The number of aromatic nitrogens is 2. The second-order valence-electron chi connectivity index (χ2n) is 10.3. The van der Waals surface area contributed by atoms with Crippen molar-refractivity contribution >= 4 is 56.2 Å². The summed E-state index contributed by atoms with van der Waals surface area (Å²) in [4.78, 5) is 45.3. The zero-order valence-electron chi connectivity index (χ0n) is 24.8. The van der Waals surface area contributed by atoms with Gasteiger partial charge >= 0.3 is 11.9 Å². The Morgan fingerprint density at radius 3 is 2.60 bits per heavy atom. The number of para-hydroxylation sites is 1. The van der Waals surface area contributed by atoms with Gasteiger partial charge in [0, 0.05) is 32.2 Å². The maximum atomic E-state index is 14.3. The molecule has 0 aliphatic carbocycles. The number of benzene rings is 2. The molecule has 4 aromatic rings. The number of methoxy groups -OCH3 is 1. The van der Waals surface area contributed by atoms with Crippen LogP contribution in [0.1, 0.15) is 50.6 Å². The molecule has 0 unspecified atom stereocenters. The Bertz CT molecular complexity index is 1970. The number of hydrogen-bond acceptors (Lipinski definition) is 8. The van der Waals surface area contributed by atoms with Crippen molar-refractivity contribution in [2.75, 3.05) is 13.7 Å². The molecular weight excluding hydrogens is 634 g/mol. The molecular formula is C32H32BrN3O6S. The van der Waals surface area contributed by atoms with E-state index >= 15 is 0 Å². The molecule has 0 saturated carbocycles. The summed E-state index contributed by atoms with van der Waals surface area (Å²) in [7, 11) is 1.55. The smallest absolute Gasteiger partial charge is 0.338 e. The first-order chi connectivity index (χ1) is 20.5. The van der Waals surface area contributed by atoms with Gasteiger partial charge in [-0.15, -0.1) is 0 Å². The number of halogens is 1. The van der Waals surface area contributed by atoms with Crippen LogP contribution in [0, 0.1) is 6.92 Å². The van der Waals surface area contributed by atoms with Crippen LogP contribution in [0.15, 0.2) is 68.0 Å². The molecule has 11 heteroatoms. The van der Waals surface area contributed by atoms with Crippen LogP contribution in [0.25, 0.3) is 17.0 Å². The molecule has 0 amide bonds. The fourth-order valence-electron chi connectivity index (χ4n) is 5.38. The Kier molecular flexibility index (Phi) is 8.75. The van der Waals surface area contributed by atoms with Crippen molar-refractivity contribution in [3.63, 3.8) is 0 Å². The lowest BCUT2D eigenvalue weighted by atomic mass is 9.95. The van der Waals surface area contributed by atoms with E-state index in [-0.39, 0.29) is 29.8 Å². The number of ether oxygens (including phenoxy) is 3. The molecule has 2 aromatic carbocycles. The molecule has 0 saturated heterocycles. The van der Waals surface area contributed by atoms with Crippen molar-refractivity contribution in [1.29, 1.82) is 0 Å². The van der Waals surface area contributed by atoms with Crippen molar-refractivity contribution in [2.45, 2.75) is 53.3 Å². The number of hydrogen-bond donors (Lipinski definition) is 0. The predicted molar refractivity (Wildman–Crippen MR) is 169 cm³/mol. The highest BCUT2D eigenvalue weighted by Crippen LogP contribution is 2.37. The van der Waals surface area contributed by atoms with E-state index in [0.29, 0.717) is 33.0 Å². The Hall–Kier alpha value is -3.96. The summed E-state index contributed by atoms with van der Waals surface area (Å²) in [5.74, 6) is -0.364. The molecule has 0 radical (unpaired) electrons. The highest BCUT2D eigenvalue weighted by Gasteiger charge is 2.35. The van der Waals surface area contributed by atoms with Gasteiger partial charge in [0.1, 0.15) is 18.3 Å². The lowest BCUT2D eigenvalue weighted by Crippen LogP contribution is -2.40. The standard InChI is InChI=1S/C32H32BrN3O6S/c1-7-41-27(37)16-35-19(5)22(21-10-8-9-11-24(21)35)15-26-30(38)36-29(23-14-20(33)12-13-25(23)40-6)28(31(39)42-17(2)3)18(4)34-32(36)43-26/h8-15,17,29H,7,16H2,1-6H3/b26-15-/t29-/m0/s1. The third kappa shape index (κ3) is 5.71. The first-order valence-corrected chi connectivity index (χ1v) is 15.5. The molecule has 0 bridgehead atoms. The summed E-state index contributed by atoms with van der Waals surface area (Å²) in [5.41, 5.74) is 3.55. The minimum Gasteiger partial charge on any atom is -0.496 e. The van der Waals surface area contributed by atoms with Crippen LogP contribution in [0.5, 0.6) is 5.75 Å². The highest BCUT2D eigenvalue weighted by molar-refractivity contribution is 9.10. The number of rotatable bonds is 8. The topological polar surface area (TPSA) is 101 Å². The summed E-state index contributed by atoms with van der Waals surface area (Å²) < 4.78 is 21.1. The van der Waals surface area contributed by atoms with Crippen LogP contribution in [0.4, 0.5) is 0 Å². The van der Waals surface area contributed by atoms with Crippen molar-refractivity contribution in [2.24, 2.45) is 4.99 Å². The van der Waals surface area contributed by atoms with Gasteiger partial charge in [-0.25, -0.2) is 9.79 Å². The zero-order valence-corrected chi connectivity index (χ0v) is 27.2. The average Bonchev–Trinajstić information content (AvgIpc) is 3.40. The minimum atomic E-state index is -0.830. The molecule has 5 rings (SSSR count). The van der Waals surface area contributed by atoms with Gasteiger partial charge in [0.25, 0.3) is 5.56 Å². The lowest BCUT2D eigenvalue weighted by Gasteiger charge is -2.26. The van der Waals surface area contributed by atoms with Gasteiger partial charge in [-0.2, -0.15) is 0 Å². The monoisotopic (exact) mass is 665 g/mol. The molecule has 1 atom stereocenters. The number of fused-ring (bicyclic) bond motifs is 2. The van der Waals surface area contributed by atoms with E-state index in [9.17, 15) is 14.4 Å². The van der Waals surface area contributed by atoms with Gasteiger partial charge < -0.3 is 18.8 Å². The van der Waals surface area contributed by atoms with E-state index in [0.717, 1.165) is 26.6 Å². The SMILES string of the molecule is CCOC(=O)Cn1c(C)c(/C=c2\sc3n(c2=O)[C@@H](c2cc(Br)ccc2OC)C(C(=O)OC(C)C)=C(C)N=3)c2ccccc21. The second-order valence-corrected chi connectivity index (χ2v) is 12.3. The normalized spacial score (nSPS) is 15.1. The van der Waals surface area contributed by atoms with Crippen LogP contribution in [0.3, 0.4) is 0 Å². The largest absolute Gasteiger partial charge is 0.496 e.